The predicted molar refractivity (Wildman–Crippen MR) is 64.6 cm³/mol. The summed E-state index contributed by atoms with van der Waals surface area (Å²) in [5, 5.41) is 7.36. The van der Waals surface area contributed by atoms with E-state index in [9.17, 15) is 18.0 Å². The molecule has 5 nitrogen and oxygen atoms in total. The minimum Gasteiger partial charge on any atom is -0.395 e. The van der Waals surface area contributed by atoms with Gasteiger partial charge in [-0.05, 0) is 12.5 Å². The van der Waals surface area contributed by atoms with Crippen LogP contribution in [0.15, 0.2) is 17.1 Å². The summed E-state index contributed by atoms with van der Waals surface area (Å²) in [4.78, 5) is 15.1. The Morgan fingerprint density at radius 3 is 2.79 bits per heavy atom. The number of nitrogen functional groups attached to an aromatic ring is 1. The lowest BCUT2D eigenvalue weighted by molar-refractivity contribution is -0.178. The molecule has 19 heavy (non-hydrogen) atoms. The van der Waals surface area contributed by atoms with Crippen LogP contribution in [0.25, 0.3) is 0 Å². The highest BCUT2D eigenvalue weighted by molar-refractivity contribution is 8.00. The normalized spacial score (nSPS) is 27.7. The molecule has 1 aromatic rings. The van der Waals surface area contributed by atoms with E-state index in [0.29, 0.717) is 0 Å². The smallest absolute Gasteiger partial charge is 0.394 e. The van der Waals surface area contributed by atoms with Gasteiger partial charge in [-0.15, -0.1) is 11.8 Å². The van der Waals surface area contributed by atoms with Crippen molar-refractivity contribution in [2.75, 3.05) is 12.3 Å². The summed E-state index contributed by atoms with van der Waals surface area (Å²) >= 11 is 0.931. The van der Waals surface area contributed by atoms with Gasteiger partial charge in [0.15, 0.2) is 0 Å². The molecule has 0 saturated carbocycles. The van der Waals surface area contributed by atoms with Gasteiger partial charge in [-0.1, -0.05) is 0 Å². The Bertz CT molecular complexity index is 519. The van der Waals surface area contributed by atoms with Crippen LogP contribution in [0.4, 0.5) is 19.0 Å². The number of rotatable bonds is 2. The first-order valence-corrected chi connectivity index (χ1v) is 6.45. The Kier molecular flexibility index (Phi) is 3.77. The van der Waals surface area contributed by atoms with Gasteiger partial charge in [-0.25, -0.2) is 4.79 Å². The van der Waals surface area contributed by atoms with E-state index >= 15 is 0 Å². The topological polar surface area (TPSA) is 81.1 Å². The Morgan fingerprint density at radius 2 is 2.26 bits per heavy atom. The van der Waals surface area contributed by atoms with Crippen LogP contribution in [0.1, 0.15) is 11.8 Å². The fourth-order valence-corrected chi connectivity index (χ4v) is 3.58. The number of anilines is 1. The van der Waals surface area contributed by atoms with Crippen molar-refractivity contribution >= 4 is 17.6 Å². The zero-order valence-electron chi connectivity index (χ0n) is 9.67. The van der Waals surface area contributed by atoms with Gasteiger partial charge < -0.3 is 10.8 Å². The molecule has 1 aliphatic heterocycles. The lowest BCUT2D eigenvalue weighted by Gasteiger charge is -2.22. The molecule has 1 aromatic heterocycles. The number of halogens is 3. The molecular weight excluding hydrogens is 283 g/mol. The maximum absolute atomic E-state index is 13.0. The zero-order chi connectivity index (χ0) is 14.2. The molecule has 3 N–H and O–H groups in total. The van der Waals surface area contributed by atoms with Gasteiger partial charge in [0, 0.05) is 11.4 Å². The Balaban J connectivity index is 2.38. The molecule has 106 valence electrons. The van der Waals surface area contributed by atoms with E-state index in [-0.39, 0.29) is 18.8 Å². The van der Waals surface area contributed by atoms with Crippen LogP contribution in [-0.4, -0.2) is 32.7 Å². The Hall–Kier alpha value is -1.22. The number of alkyl halides is 3. The summed E-state index contributed by atoms with van der Waals surface area (Å²) in [6, 6.07) is 1.28. The van der Waals surface area contributed by atoms with E-state index in [1.54, 1.807) is 0 Å². The number of aromatic nitrogens is 2. The fraction of sp³-hybridized carbons (Fsp3) is 0.600. The van der Waals surface area contributed by atoms with Gasteiger partial charge in [0.25, 0.3) is 0 Å². The lowest BCUT2D eigenvalue weighted by Crippen LogP contribution is -2.33. The van der Waals surface area contributed by atoms with Crippen molar-refractivity contribution in [3.63, 3.8) is 0 Å². The third-order valence-electron chi connectivity index (χ3n) is 2.94. The monoisotopic (exact) mass is 295 g/mol. The zero-order valence-corrected chi connectivity index (χ0v) is 10.5. The fourth-order valence-electron chi connectivity index (χ4n) is 2.04. The average molecular weight is 295 g/mol. The van der Waals surface area contributed by atoms with Crippen LogP contribution < -0.4 is 11.4 Å². The number of nitrogens with two attached hydrogens (primary N) is 1. The highest BCUT2D eigenvalue weighted by Gasteiger charge is 2.51. The van der Waals surface area contributed by atoms with E-state index in [0.717, 1.165) is 16.3 Å². The second-order valence-corrected chi connectivity index (χ2v) is 5.68. The molecular formula is C10H12F3N3O2S. The highest BCUT2D eigenvalue weighted by Crippen LogP contribution is 2.51. The van der Waals surface area contributed by atoms with Crippen molar-refractivity contribution in [2.45, 2.75) is 23.2 Å². The van der Waals surface area contributed by atoms with Gasteiger partial charge in [-0.3, -0.25) is 4.57 Å². The third kappa shape index (κ3) is 2.86. The summed E-state index contributed by atoms with van der Waals surface area (Å²) in [6.07, 6.45) is -3.44. The molecule has 9 heteroatoms. The van der Waals surface area contributed by atoms with E-state index in [4.69, 9.17) is 10.8 Å². The molecule has 1 saturated heterocycles. The molecule has 2 heterocycles. The van der Waals surface area contributed by atoms with Crippen molar-refractivity contribution < 1.29 is 18.3 Å². The van der Waals surface area contributed by atoms with Crippen molar-refractivity contribution in [3.8, 4) is 0 Å². The molecule has 1 aliphatic rings. The molecule has 0 aromatic carbocycles. The number of nitrogens with zero attached hydrogens (tertiary/aromatic N) is 2. The SMILES string of the molecule is Nc1ccn(C2S[C@@H](CO)C[C@@H]2C(F)(F)F)c(=O)n1. The summed E-state index contributed by atoms with van der Waals surface area (Å²) < 4.78 is 39.8. The van der Waals surface area contributed by atoms with E-state index in [1.165, 1.54) is 12.3 Å². The van der Waals surface area contributed by atoms with Gasteiger partial charge >= 0.3 is 11.9 Å². The van der Waals surface area contributed by atoms with Crippen molar-refractivity contribution in [1.82, 2.24) is 9.55 Å². The number of aliphatic hydroxyl groups excluding tert-OH is 1. The molecule has 0 bridgehead atoms. The van der Waals surface area contributed by atoms with Gasteiger partial charge in [-0.2, -0.15) is 18.2 Å². The van der Waals surface area contributed by atoms with Crippen LogP contribution in [0.3, 0.4) is 0 Å². The molecule has 0 amide bonds. The average Bonchev–Trinajstić information content (AvgIpc) is 2.72. The Labute approximate surface area is 110 Å². The second kappa shape index (κ2) is 5.04. The van der Waals surface area contributed by atoms with Crippen molar-refractivity contribution in [1.29, 1.82) is 0 Å². The summed E-state index contributed by atoms with van der Waals surface area (Å²) in [5.74, 6) is -1.72. The van der Waals surface area contributed by atoms with E-state index in [2.05, 4.69) is 4.98 Å². The summed E-state index contributed by atoms with van der Waals surface area (Å²) in [6.45, 7) is -0.356. The maximum atomic E-state index is 13.0. The first-order valence-electron chi connectivity index (χ1n) is 5.50. The largest absolute Gasteiger partial charge is 0.395 e. The number of hydrogen-bond acceptors (Lipinski definition) is 5. The van der Waals surface area contributed by atoms with Crippen LogP contribution in [0, 0.1) is 5.92 Å². The molecule has 0 aliphatic carbocycles. The highest BCUT2D eigenvalue weighted by atomic mass is 32.2. The van der Waals surface area contributed by atoms with Crippen molar-refractivity contribution in [2.24, 2.45) is 5.92 Å². The minimum atomic E-state index is -4.43. The Morgan fingerprint density at radius 1 is 1.58 bits per heavy atom. The van der Waals surface area contributed by atoms with E-state index < -0.39 is 28.4 Å². The molecule has 0 spiro atoms. The molecule has 1 fully saturated rings. The van der Waals surface area contributed by atoms with Crippen LogP contribution >= 0.6 is 11.8 Å². The number of aliphatic hydroxyl groups is 1. The maximum Gasteiger partial charge on any atom is 0.394 e. The summed E-state index contributed by atoms with van der Waals surface area (Å²) in [7, 11) is 0. The quantitative estimate of drug-likeness (QED) is 0.850. The predicted octanol–water partition coefficient (Wildman–Crippen LogP) is 1.00. The van der Waals surface area contributed by atoms with Gasteiger partial charge in [0.2, 0.25) is 0 Å². The van der Waals surface area contributed by atoms with Crippen LogP contribution in [0.2, 0.25) is 0 Å². The number of hydrogen-bond donors (Lipinski definition) is 2. The molecule has 0 radical (unpaired) electrons. The van der Waals surface area contributed by atoms with Crippen LogP contribution in [0.5, 0.6) is 0 Å². The first kappa shape index (κ1) is 14.2. The minimum absolute atomic E-state index is 0.0356. The lowest BCUT2D eigenvalue weighted by atomic mass is 10.0. The van der Waals surface area contributed by atoms with Gasteiger partial charge in [0.05, 0.1) is 17.9 Å². The third-order valence-corrected chi connectivity index (χ3v) is 4.50. The van der Waals surface area contributed by atoms with E-state index in [1.807, 2.05) is 0 Å². The second-order valence-electron chi connectivity index (χ2n) is 4.26. The van der Waals surface area contributed by atoms with Gasteiger partial charge in [0.1, 0.15) is 5.82 Å². The standard InChI is InChI=1S/C10H12F3N3O2S/c11-10(12,13)6-3-5(4-17)19-8(6)16-2-1-7(14)15-9(16)18/h1-2,5-6,8,17H,3-4H2,(H2,14,15,18)/t5-,6+,8?/m1/s1. The summed E-state index contributed by atoms with van der Waals surface area (Å²) in [5.41, 5.74) is 4.49. The van der Waals surface area contributed by atoms with Crippen LogP contribution in [-0.2, 0) is 0 Å². The molecule has 3 atom stereocenters. The molecule has 1 unspecified atom stereocenters. The molecule has 2 rings (SSSR count). The van der Waals surface area contributed by atoms with Crippen molar-refractivity contribution in [3.05, 3.63) is 22.7 Å². The first-order chi connectivity index (χ1) is 8.82. The number of thioether (sulfide) groups is 1.